The number of carbonyl (C=O) groups excluding carboxylic acids is 2. The number of anilines is 1. The molecule has 1 saturated heterocycles. The van der Waals surface area contributed by atoms with E-state index in [4.69, 9.17) is 9.47 Å². The minimum absolute atomic E-state index is 0.0145. The average Bonchev–Trinajstić information content (AvgIpc) is 2.83. The summed E-state index contributed by atoms with van der Waals surface area (Å²) in [5, 5.41) is 0. The standard InChI is InChI=1S/C23H28N2O6S/c1-4-31-23(27)18-8-6-14-25(16-18)22(26)17-7-5-9-21(15-17)32(28,29)24(2)19-10-12-20(30-3)13-11-19/h5,7,9-13,15,18H,4,6,8,14,16H2,1-3H3/t18-/m1/s1. The summed E-state index contributed by atoms with van der Waals surface area (Å²) in [6, 6.07) is 12.6. The minimum Gasteiger partial charge on any atom is -0.497 e. The van der Waals surface area contributed by atoms with E-state index in [-0.39, 0.29) is 34.8 Å². The van der Waals surface area contributed by atoms with Gasteiger partial charge in [-0.1, -0.05) is 6.07 Å². The van der Waals surface area contributed by atoms with Crippen molar-refractivity contribution in [1.29, 1.82) is 0 Å². The van der Waals surface area contributed by atoms with Gasteiger partial charge in [0, 0.05) is 25.7 Å². The number of benzene rings is 2. The van der Waals surface area contributed by atoms with Gasteiger partial charge in [-0.2, -0.15) is 0 Å². The van der Waals surface area contributed by atoms with Crippen molar-refractivity contribution in [3.63, 3.8) is 0 Å². The molecule has 8 nitrogen and oxygen atoms in total. The Hall–Kier alpha value is -3.07. The number of ether oxygens (including phenoxy) is 2. The molecule has 0 spiro atoms. The van der Waals surface area contributed by atoms with E-state index in [1.54, 1.807) is 48.2 Å². The smallest absolute Gasteiger partial charge is 0.310 e. The molecule has 32 heavy (non-hydrogen) atoms. The number of rotatable bonds is 7. The Kier molecular flexibility index (Phi) is 7.40. The molecule has 1 heterocycles. The fourth-order valence-electron chi connectivity index (χ4n) is 3.68. The normalized spacial score (nSPS) is 16.3. The van der Waals surface area contributed by atoms with Gasteiger partial charge in [0.1, 0.15) is 5.75 Å². The number of esters is 1. The third kappa shape index (κ3) is 5.04. The van der Waals surface area contributed by atoms with Gasteiger partial charge in [-0.3, -0.25) is 13.9 Å². The molecule has 2 aromatic rings. The van der Waals surface area contributed by atoms with Crippen LogP contribution in [0.4, 0.5) is 5.69 Å². The Bertz CT molecular complexity index is 1070. The molecule has 1 amide bonds. The number of amides is 1. The molecule has 0 aromatic heterocycles. The van der Waals surface area contributed by atoms with Gasteiger partial charge in [-0.15, -0.1) is 0 Å². The highest BCUT2D eigenvalue weighted by Crippen LogP contribution is 2.26. The summed E-state index contributed by atoms with van der Waals surface area (Å²) >= 11 is 0. The first-order valence-corrected chi connectivity index (χ1v) is 11.9. The molecule has 0 radical (unpaired) electrons. The zero-order valence-corrected chi connectivity index (χ0v) is 19.3. The Balaban J connectivity index is 1.80. The van der Waals surface area contributed by atoms with E-state index in [0.717, 1.165) is 4.31 Å². The first-order valence-electron chi connectivity index (χ1n) is 10.5. The van der Waals surface area contributed by atoms with Gasteiger partial charge in [-0.25, -0.2) is 8.42 Å². The Morgan fingerprint density at radius 1 is 1.16 bits per heavy atom. The SMILES string of the molecule is CCOC(=O)[C@@H]1CCCN(C(=O)c2cccc(S(=O)(=O)N(C)c3ccc(OC)cc3)c2)C1. The van der Waals surface area contributed by atoms with E-state index in [0.29, 0.717) is 37.4 Å². The van der Waals surface area contributed by atoms with Crippen molar-refractivity contribution in [3.05, 3.63) is 54.1 Å². The molecule has 172 valence electrons. The van der Waals surface area contributed by atoms with Gasteiger partial charge in [-0.05, 0) is 62.2 Å². The number of carbonyl (C=O) groups is 2. The fraction of sp³-hybridized carbons (Fsp3) is 0.391. The maximum Gasteiger partial charge on any atom is 0.310 e. The summed E-state index contributed by atoms with van der Waals surface area (Å²) in [5.41, 5.74) is 0.731. The van der Waals surface area contributed by atoms with E-state index in [9.17, 15) is 18.0 Å². The number of likely N-dealkylation sites (tertiary alicyclic amines) is 1. The minimum atomic E-state index is -3.88. The molecule has 9 heteroatoms. The van der Waals surface area contributed by atoms with Crippen LogP contribution in [0.15, 0.2) is 53.4 Å². The van der Waals surface area contributed by atoms with Crippen LogP contribution in [0.1, 0.15) is 30.1 Å². The van der Waals surface area contributed by atoms with Crippen LogP contribution in [-0.2, 0) is 19.6 Å². The molecule has 3 rings (SSSR count). The molecular formula is C23H28N2O6S. The monoisotopic (exact) mass is 460 g/mol. The molecule has 2 aromatic carbocycles. The lowest BCUT2D eigenvalue weighted by Gasteiger charge is -2.31. The van der Waals surface area contributed by atoms with Crippen molar-refractivity contribution >= 4 is 27.6 Å². The quantitative estimate of drug-likeness (QED) is 0.590. The highest BCUT2D eigenvalue weighted by molar-refractivity contribution is 7.92. The van der Waals surface area contributed by atoms with Crippen molar-refractivity contribution in [3.8, 4) is 5.75 Å². The maximum absolute atomic E-state index is 13.2. The zero-order chi connectivity index (χ0) is 23.3. The van der Waals surface area contributed by atoms with Crippen molar-refractivity contribution in [2.24, 2.45) is 5.92 Å². The van der Waals surface area contributed by atoms with Crippen LogP contribution in [0.25, 0.3) is 0 Å². The van der Waals surface area contributed by atoms with Gasteiger partial charge in [0.05, 0.1) is 30.2 Å². The number of methoxy groups -OCH3 is 1. The van der Waals surface area contributed by atoms with E-state index in [1.807, 2.05) is 0 Å². The summed E-state index contributed by atoms with van der Waals surface area (Å²) in [7, 11) is -0.887. The number of nitrogens with zero attached hydrogens (tertiary/aromatic N) is 2. The van der Waals surface area contributed by atoms with Gasteiger partial charge in [0.25, 0.3) is 15.9 Å². The molecule has 1 atom stereocenters. The van der Waals surface area contributed by atoms with Gasteiger partial charge < -0.3 is 14.4 Å². The number of hydrogen-bond donors (Lipinski definition) is 0. The molecule has 0 bridgehead atoms. The second kappa shape index (κ2) is 10.0. The lowest BCUT2D eigenvalue weighted by Crippen LogP contribution is -2.42. The van der Waals surface area contributed by atoms with E-state index < -0.39 is 10.0 Å². The largest absolute Gasteiger partial charge is 0.497 e. The topological polar surface area (TPSA) is 93.2 Å². The summed E-state index contributed by atoms with van der Waals surface area (Å²) in [6.07, 6.45) is 1.36. The second-order valence-corrected chi connectivity index (χ2v) is 9.51. The van der Waals surface area contributed by atoms with Crippen molar-refractivity contribution in [2.75, 3.05) is 38.2 Å². The third-order valence-electron chi connectivity index (χ3n) is 5.50. The number of piperidine rings is 1. The summed E-state index contributed by atoms with van der Waals surface area (Å²) in [5.74, 6) is -0.346. The van der Waals surface area contributed by atoms with Gasteiger partial charge >= 0.3 is 5.97 Å². The van der Waals surface area contributed by atoms with Crippen LogP contribution in [0.2, 0.25) is 0 Å². The molecular weight excluding hydrogens is 432 g/mol. The number of hydrogen-bond acceptors (Lipinski definition) is 6. The van der Waals surface area contributed by atoms with E-state index in [1.165, 1.54) is 26.3 Å². The Labute approximate surface area is 188 Å². The first-order chi connectivity index (χ1) is 15.3. The van der Waals surface area contributed by atoms with Crippen molar-refractivity contribution < 1.29 is 27.5 Å². The first kappa shape index (κ1) is 23.6. The number of sulfonamides is 1. The fourth-order valence-corrected chi connectivity index (χ4v) is 4.92. The van der Waals surface area contributed by atoms with Crippen molar-refractivity contribution in [1.82, 2.24) is 4.90 Å². The molecule has 1 aliphatic rings. The summed E-state index contributed by atoms with van der Waals surface area (Å²) < 4.78 is 37.7. The summed E-state index contributed by atoms with van der Waals surface area (Å²) in [6.45, 7) is 2.82. The lowest BCUT2D eigenvalue weighted by atomic mass is 9.97. The average molecular weight is 461 g/mol. The molecule has 0 unspecified atom stereocenters. The van der Waals surface area contributed by atoms with Crippen LogP contribution in [-0.4, -0.2) is 59.0 Å². The van der Waals surface area contributed by atoms with E-state index in [2.05, 4.69) is 0 Å². The molecule has 0 saturated carbocycles. The third-order valence-corrected chi connectivity index (χ3v) is 7.29. The summed E-state index contributed by atoms with van der Waals surface area (Å²) in [4.78, 5) is 26.8. The molecule has 1 aliphatic heterocycles. The predicted octanol–water partition coefficient (Wildman–Crippen LogP) is 2.94. The van der Waals surface area contributed by atoms with Crippen LogP contribution in [0.3, 0.4) is 0 Å². The maximum atomic E-state index is 13.2. The van der Waals surface area contributed by atoms with Gasteiger partial charge in [0.2, 0.25) is 0 Å². The Morgan fingerprint density at radius 3 is 2.53 bits per heavy atom. The predicted molar refractivity (Wildman–Crippen MR) is 120 cm³/mol. The van der Waals surface area contributed by atoms with Crippen LogP contribution >= 0.6 is 0 Å². The molecule has 0 N–H and O–H groups in total. The Morgan fingerprint density at radius 2 is 1.88 bits per heavy atom. The lowest BCUT2D eigenvalue weighted by molar-refractivity contribution is -0.149. The molecule has 1 fully saturated rings. The van der Waals surface area contributed by atoms with Crippen LogP contribution < -0.4 is 9.04 Å². The van der Waals surface area contributed by atoms with Crippen molar-refractivity contribution in [2.45, 2.75) is 24.7 Å². The highest BCUT2D eigenvalue weighted by Gasteiger charge is 2.30. The van der Waals surface area contributed by atoms with Crippen LogP contribution in [0, 0.1) is 5.92 Å². The highest BCUT2D eigenvalue weighted by atomic mass is 32.2. The van der Waals surface area contributed by atoms with Crippen LogP contribution in [0.5, 0.6) is 5.75 Å². The van der Waals surface area contributed by atoms with E-state index >= 15 is 0 Å². The van der Waals surface area contributed by atoms with Gasteiger partial charge in [0.15, 0.2) is 0 Å². The zero-order valence-electron chi connectivity index (χ0n) is 18.5. The molecule has 0 aliphatic carbocycles. The second-order valence-electron chi connectivity index (χ2n) is 7.54.